The Morgan fingerprint density at radius 2 is 2.03 bits per heavy atom. The average Bonchev–Trinajstić information content (AvgIpc) is 3.25. The van der Waals surface area contributed by atoms with Gasteiger partial charge >= 0.3 is 0 Å². The molecule has 0 aliphatic carbocycles. The number of pyridine rings is 2. The molecule has 2 N–H and O–H groups in total. The summed E-state index contributed by atoms with van der Waals surface area (Å²) in [6, 6.07) is 10.9. The van der Waals surface area contributed by atoms with Crippen LogP contribution >= 0.6 is 11.6 Å². The van der Waals surface area contributed by atoms with Crippen LogP contribution in [0.1, 0.15) is 27.3 Å². The number of carbonyl (C=O) groups is 2. The maximum Gasteiger partial charge on any atom is 0.270 e. The summed E-state index contributed by atoms with van der Waals surface area (Å²) in [5, 5.41) is 5.98. The monoisotopic (exact) mass is 439 g/mol. The van der Waals surface area contributed by atoms with Crippen molar-refractivity contribution < 1.29 is 14.0 Å². The van der Waals surface area contributed by atoms with E-state index in [0.29, 0.717) is 42.1 Å². The zero-order valence-electron chi connectivity index (χ0n) is 16.4. The lowest BCUT2D eigenvalue weighted by Gasteiger charge is -2.19. The molecule has 158 valence electrons. The third-order valence-corrected chi connectivity index (χ3v) is 5.26. The fourth-order valence-corrected chi connectivity index (χ4v) is 3.51. The lowest BCUT2D eigenvalue weighted by Crippen LogP contribution is -2.38. The third-order valence-electron chi connectivity index (χ3n) is 4.96. The molecular weight excluding hydrogens is 421 g/mol. The van der Waals surface area contributed by atoms with Crippen LogP contribution in [0.5, 0.6) is 0 Å². The third kappa shape index (κ3) is 4.80. The summed E-state index contributed by atoms with van der Waals surface area (Å²) >= 11 is 5.73. The zero-order chi connectivity index (χ0) is 21.8. The highest BCUT2D eigenvalue weighted by Crippen LogP contribution is 2.25. The Hall–Kier alpha value is -3.52. The minimum atomic E-state index is -0.556. The molecule has 4 rings (SSSR count). The number of rotatable bonds is 5. The maximum atomic E-state index is 13.8. The van der Waals surface area contributed by atoms with E-state index < -0.39 is 5.82 Å². The van der Waals surface area contributed by atoms with E-state index in [-0.39, 0.29) is 22.9 Å². The van der Waals surface area contributed by atoms with E-state index in [9.17, 15) is 14.0 Å². The minimum Gasteiger partial charge on any atom is -0.355 e. The minimum absolute atomic E-state index is 0.0208. The molecule has 1 saturated heterocycles. The predicted molar refractivity (Wildman–Crippen MR) is 115 cm³/mol. The highest BCUT2D eigenvalue weighted by Gasteiger charge is 2.29. The van der Waals surface area contributed by atoms with Gasteiger partial charge in [-0.2, -0.15) is 0 Å². The highest BCUT2D eigenvalue weighted by atomic mass is 35.5. The first kappa shape index (κ1) is 20.7. The Morgan fingerprint density at radius 1 is 1.16 bits per heavy atom. The fraction of sp³-hybridized carbons (Fsp3) is 0.182. The summed E-state index contributed by atoms with van der Waals surface area (Å²) in [4.78, 5) is 35.2. The Morgan fingerprint density at radius 3 is 2.81 bits per heavy atom. The first-order chi connectivity index (χ1) is 15.0. The van der Waals surface area contributed by atoms with Gasteiger partial charge < -0.3 is 15.5 Å². The number of likely N-dealkylation sites (tertiary alicyclic amines) is 1. The number of nitrogens with zero attached hydrogens (tertiary/aromatic N) is 3. The number of carbonyl (C=O) groups excluding carboxylic acids is 2. The molecule has 1 aromatic carbocycles. The van der Waals surface area contributed by atoms with Gasteiger partial charge in [0.25, 0.3) is 11.8 Å². The van der Waals surface area contributed by atoms with Crippen molar-refractivity contribution in [2.45, 2.75) is 12.5 Å². The van der Waals surface area contributed by atoms with Crippen LogP contribution in [0.25, 0.3) is 0 Å². The van der Waals surface area contributed by atoms with Crippen molar-refractivity contribution in [3.8, 4) is 0 Å². The van der Waals surface area contributed by atoms with Crippen molar-refractivity contribution in [2.75, 3.05) is 18.4 Å². The van der Waals surface area contributed by atoms with Crippen LogP contribution in [0.4, 0.5) is 15.8 Å². The molecule has 2 aromatic heterocycles. The molecule has 31 heavy (non-hydrogen) atoms. The van der Waals surface area contributed by atoms with Crippen molar-refractivity contribution >= 4 is 34.8 Å². The molecule has 2 amide bonds. The molecule has 1 atom stereocenters. The number of amides is 2. The molecule has 0 unspecified atom stereocenters. The Bertz CT molecular complexity index is 1110. The van der Waals surface area contributed by atoms with Crippen LogP contribution < -0.4 is 10.6 Å². The van der Waals surface area contributed by atoms with Gasteiger partial charge in [0.2, 0.25) is 0 Å². The SMILES string of the molecule is O=C(N[C@@H]1CCN(C(=O)c2cnccc2Nc2ccc(Cl)c(F)c2)C1)c1ccccn1. The van der Waals surface area contributed by atoms with Gasteiger partial charge in [0.05, 0.1) is 16.3 Å². The Balaban J connectivity index is 1.44. The summed E-state index contributed by atoms with van der Waals surface area (Å²) in [5.41, 5.74) is 1.66. The van der Waals surface area contributed by atoms with E-state index in [4.69, 9.17) is 11.6 Å². The molecule has 3 aromatic rings. The van der Waals surface area contributed by atoms with Gasteiger partial charge in [-0.3, -0.25) is 19.6 Å². The van der Waals surface area contributed by atoms with E-state index in [1.54, 1.807) is 47.6 Å². The Kier molecular flexibility index (Phi) is 6.08. The lowest BCUT2D eigenvalue weighted by molar-refractivity contribution is 0.0783. The number of aromatic nitrogens is 2. The number of benzene rings is 1. The van der Waals surface area contributed by atoms with Gasteiger partial charge in [-0.15, -0.1) is 0 Å². The van der Waals surface area contributed by atoms with Crippen LogP contribution in [0.15, 0.2) is 61.1 Å². The van der Waals surface area contributed by atoms with Crippen LogP contribution in [0.2, 0.25) is 5.02 Å². The second-order valence-corrected chi connectivity index (χ2v) is 7.51. The molecule has 7 nitrogen and oxygen atoms in total. The number of halogens is 2. The molecular formula is C22H19ClFN5O2. The smallest absolute Gasteiger partial charge is 0.270 e. The number of anilines is 2. The van der Waals surface area contributed by atoms with E-state index in [1.807, 2.05) is 0 Å². The zero-order valence-corrected chi connectivity index (χ0v) is 17.1. The van der Waals surface area contributed by atoms with Crippen molar-refractivity contribution in [1.82, 2.24) is 20.2 Å². The molecule has 3 heterocycles. The summed E-state index contributed by atoms with van der Waals surface area (Å²) in [6.07, 6.45) is 5.21. The van der Waals surface area contributed by atoms with Gasteiger partial charge in [0.15, 0.2) is 0 Å². The van der Waals surface area contributed by atoms with Crippen molar-refractivity contribution in [1.29, 1.82) is 0 Å². The average molecular weight is 440 g/mol. The number of hydrogen-bond donors (Lipinski definition) is 2. The van der Waals surface area contributed by atoms with Crippen molar-refractivity contribution in [2.24, 2.45) is 0 Å². The lowest BCUT2D eigenvalue weighted by atomic mass is 10.2. The molecule has 0 bridgehead atoms. The van der Waals surface area contributed by atoms with Gasteiger partial charge in [-0.1, -0.05) is 17.7 Å². The van der Waals surface area contributed by atoms with Gasteiger partial charge in [0, 0.05) is 43.4 Å². The quantitative estimate of drug-likeness (QED) is 0.633. The molecule has 9 heteroatoms. The normalized spacial score (nSPS) is 15.5. The maximum absolute atomic E-state index is 13.8. The van der Waals surface area contributed by atoms with Gasteiger partial charge in [-0.05, 0) is 42.8 Å². The summed E-state index contributed by atoms with van der Waals surface area (Å²) in [5.74, 6) is -1.05. The Labute approximate surface area is 183 Å². The topological polar surface area (TPSA) is 87.2 Å². The number of hydrogen-bond acceptors (Lipinski definition) is 5. The fourth-order valence-electron chi connectivity index (χ4n) is 3.39. The molecule has 1 aliphatic heterocycles. The first-order valence-corrected chi connectivity index (χ1v) is 10.1. The second-order valence-electron chi connectivity index (χ2n) is 7.10. The second kappa shape index (κ2) is 9.09. The predicted octanol–water partition coefficient (Wildman–Crippen LogP) is 3.66. The highest BCUT2D eigenvalue weighted by molar-refractivity contribution is 6.30. The van der Waals surface area contributed by atoms with Crippen LogP contribution in [0.3, 0.4) is 0 Å². The van der Waals surface area contributed by atoms with E-state index in [1.165, 1.54) is 18.3 Å². The van der Waals surface area contributed by atoms with E-state index in [0.717, 1.165) is 0 Å². The van der Waals surface area contributed by atoms with Crippen LogP contribution in [-0.2, 0) is 0 Å². The summed E-state index contributed by atoms with van der Waals surface area (Å²) < 4.78 is 13.8. The summed E-state index contributed by atoms with van der Waals surface area (Å²) in [7, 11) is 0. The van der Waals surface area contributed by atoms with Gasteiger partial charge in [-0.25, -0.2) is 4.39 Å². The molecule has 0 saturated carbocycles. The van der Waals surface area contributed by atoms with E-state index >= 15 is 0 Å². The molecule has 0 radical (unpaired) electrons. The molecule has 1 aliphatic rings. The van der Waals surface area contributed by atoms with E-state index in [2.05, 4.69) is 20.6 Å². The first-order valence-electron chi connectivity index (χ1n) is 9.68. The molecule has 1 fully saturated rings. The van der Waals surface area contributed by atoms with Gasteiger partial charge in [0.1, 0.15) is 11.5 Å². The van der Waals surface area contributed by atoms with Crippen molar-refractivity contribution in [3.63, 3.8) is 0 Å². The van der Waals surface area contributed by atoms with Crippen LogP contribution in [-0.4, -0.2) is 45.8 Å². The van der Waals surface area contributed by atoms with Crippen molar-refractivity contribution in [3.05, 3.63) is 83.2 Å². The largest absolute Gasteiger partial charge is 0.355 e. The van der Waals surface area contributed by atoms with Crippen LogP contribution in [0, 0.1) is 5.82 Å². The molecule has 0 spiro atoms. The number of nitrogens with one attached hydrogen (secondary N) is 2. The summed E-state index contributed by atoms with van der Waals surface area (Å²) in [6.45, 7) is 0.872. The standard InChI is InChI=1S/C22H19ClFN5O2/c23-17-5-4-14(11-18(17)24)27-19-6-9-25-12-16(19)22(31)29-10-7-15(13-29)28-21(30)20-3-1-2-8-26-20/h1-6,8-9,11-12,15H,7,10,13H2,(H,25,27)(H,28,30)/t15-/m1/s1.